The lowest BCUT2D eigenvalue weighted by Gasteiger charge is -2.07. The van der Waals surface area contributed by atoms with E-state index in [0.29, 0.717) is 0 Å². The lowest BCUT2D eigenvalue weighted by atomic mass is 10.1. The number of fused-ring (bicyclic) bond motifs is 1. The number of allylic oxidation sites excluding steroid dienone is 4. The molecule has 2 heteroatoms. The van der Waals surface area contributed by atoms with Gasteiger partial charge in [0.15, 0.2) is 5.82 Å². The zero-order valence-electron chi connectivity index (χ0n) is 11.1. The summed E-state index contributed by atoms with van der Waals surface area (Å²) in [5.41, 5.74) is 3.22. The van der Waals surface area contributed by atoms with E-state index in [-0.39, 0.29) is 0 Å². The van der Waals surface area contributed by atoms with Gasteiger partial charge in [-0.1, -0.05) is 36.4 Å². The van der Waals surface area contributed by atoms with E-state index in [0.717, 1.165) is 28.8 Å². The second-order valence-electron chi connectivity index (χ2n) is 4.24. The minimum absolute atomic E-state index is 0.840. The Morgan fingerprint density at radius 2 is 1.94 bits per heavy atom. The molecule has 1 aromatic carbocycles. The van der Waals surface area contributed by atoms with E-state index < -0.39 is 0 Å². The number of aryl methyl sites for hydroxylation is 1. The summed E-state index contributed by atoms with van der Waals surface area (Å²) < 4.78 is 0. The third kappa shape index (κ3) is 2.48. The minimum Gasteiger partial charge on any atom is -0.233 e. The van der Waals surface area contributed by atoms with Crippen LogP contribution in [-0.2, 0) is 0 Å². The molecule has 0 saturated carbocycles. The Morgan fingerprint density at radius 1 is 1.17 bits per heavy atom. The highest BCUT2D eigenvalue weighted by Gasteiger charge is 2.06. The first-order chi connectivity index (χ1) is 8.76. The summed E-state index contributed by atoms with van der Waals surface area (Å²) in [5, 5.41) is 1.13. The summed E-state index contributed by atoms with van der Waals surface area (Å²) in [6.45, 7) is 6.10. The molecule has 0 aliphatic heterocycles. The average Bonchev–Trinajstić information content (AvgIpc) is 2.40. The molecule has 0 spiro atoms. The molecular weight excluding hydrogens is 220 g/mol. The third-order valence-electron chi connectivity index (χ3n) is 3.00. The maximum absolute atomic E-state index is 4.65. The fourth-order valence-corrected chi connectivity index (χ4v) is 1.96. The molecule has 0 unspecified atom stereocenters. The van der Waals surface area contributed by atoms with Crippen molar-refractivity contribution in [1.29, 1.82) is 0 Å². The standard InChI is InChI=1S/C16H18N2/c1-4-6-9-13(5-2)16-17-12(3)14-10-7-8-11-15(14)18-16/h4-8,10-11H,9H2,1-3H3/b6-4-,13-5+. The van der Waals surface area contributed by atoms with Gasteiger partial charge in [-0.3, -0.25) is 0 Å². The largest absolute Gasteiger partial charge is 0.233 e. The Hall–Kier alpha value is -1.96. The highest BCUT2D eigenvalue weighted by Crippen LogP contribution is 2.20. The number of aromatic nitrogens is 2. The molecule has 0 aliphatic carbocycles. The first-order valence-corrected chi connectivity index (χ1v) is 6.26. The first-order valence-electron chi connectivity index (χ1n) is 6.26. The maximum Gasteiger partial charge on any atom is 0.155 e. The van der Waals surface area contributed by atoms with E-state index in [1.165, 1.54) is 5.57 Å². The van der Waals surface area contributed by atoms with E-state index in [9.17, 15) is 0 Å². The van der Waals surface area contributed by atoms with Gasteiger partial charge in [-0.05, 0) is 38.8 Å². The van der Waals surface area contributed by atoms with Crippen LogP contribution in [0.25, 0.3) is 16.5 Å². The molecule has 92 valence electrons. The van der Waals surface area contributed by atoms with Gasteiger partial charge in [-0.25, -0.2) is 9.97 Å². The van der Waals surface area contributed by atoms with Gasteiger partial charge in [0.1, 0.15) is 0 Å². The molecular formula is C16H18N2. The smallest absolute Gasteiger partial charge is 0.155 e. The van der Waals surface area contributed by atoms with Crippen LogP contribution in [0, 0.1) is 6.92 Å². The molecule has 18 heavy (non-hydrogen) atoms. The Labute approximate surface area is 108 Å². The van der Waals surface area contributed by atoms with Gasteiger partial charge in [-0.15, -0.1) is 0 Å². The zero-order valence-corrected chi connectivity index (χ0v) is 11.1. The number of para-hydroxylation sites is 1. The van der Waals surface area contributed by atoms with Gasteiger partial charge < -0.3 is 0 Å². The average molecular weight is 238 g/mol. The Kier molecular flexibility index (Phi) is 3.88. The SMILES string of the molecule is C/C=C\C/C(=C\C)c1nc(C)c2ccccc2n1. The molecule has 2 nitrogen and oxygen atoms in total. The molecule has 1 heterocycles. The molecule has 1 aromatic heterocycles. The molecule has 0 saturated heterocycles. The van der Waals surface area contributed by atoms with E-state index in [4.69, 9.17) is 0 Å². The van der Waals surface area contributed by atoms with Gasteiger partial charge in [0.25, 0.3) is 0 Å². The molecule has 0 atom stereocenters. The monoisotopic (exact) mass is 238 g/mol. The minimum atomic E-state index is 0.840. The van der Waals surface area contributed by atoms with Gasteiger partial charge in [0.05, 0.1) is 5.52 Å². The Morgan fingerprint density at radius 3 is 2.67 bits per heavy atom. The van der Waals surface area contributed by atoms with Crippen molar-refractivity contribution in [2.45, 2.75) is 27.2 Å². The highest BCUT2D eigenvalue weighted by molar-refractivity contribution is 5.82. The van der Waals surface area contributed by atoms with Gasteiger partial charge in [0, 0.05) is 11.1 Å². The third-order valence-corrected chi connectivity index (χ3v) is 3.00. The normalized spacial score (nSPS) is 12.5. The second-order valence-corrected chi connectivity index (χ2v) is 4.24. The molecule has 0 bridgehead atoms. The Bertz CT molecular complexity index is 610. The fourth-order valence-electron chi connectivity index (χ4n) is 1.96. The predicted octanol–water partition coefficient (Wildman–Crippen LogP) is 4.31. The summed E-state index contributed by atoms with van der Waals surface area (Å²) in [7, 11) is 0. The summed E-state index contributed by atoms with van der Waals surface area (Å²) in [6, 6.07) is 8.14. The molecule has 2 rings (SSSR count). The maximum atomic E-state index is 4.65. The molecule has 0 radical (unpaired) electrons. The molecule has 0 N–H and O–H groups in total. The lowest BCUT2D eigenvalue weighted by Crippen LogP contribution is -1.97. The van der Waals surface area contributed by atoms with Crippen LogP contribution in [0.3, 0.4) is 0 Å². The van der Waals surface area contributed by atoms with Crippen LogP contribution in [0.15, 0.2) is 42.5 Å². The van der Waals surface area contributed by atoms with Crippen molar-refractivity contribution in [3.63, 3.8) is 0 Å². The summed E-state index contributed by atoms with van der Waals surface area (Å²) >= 11 is 0. The number of rotatable bonds is 3. The number of hydrogen-bond acceptors (Lipinski definition) is 2. The van der Waals surface area contributed by atoms with Crippen molar-refractivity contribution >= 4 is 16.5 Å². The van der Waals surface area contributed by atoms with Gasteiger partial charge in [0.2, 0.25) is 0 Å². The quantitative estimate of drug-likeness (QED) is 0.745. The van der Waals surface area contributed by atoms with Crippen molar-refractivity contribution < 1.29 is 0 Å². The van der Waals surface area contributed by atoms with Gasteiger partial charge >= 0.3 is 0 Å². The number of hydrogen-bond donors (Lipinski definition) is 0. The van der Waals surface area contributed by atoms with Crippen LogP contribution in [-0.4, -0.2) is 9.97 Å². The van der Waals surface area contributed by atoms with E-state index in [1.54, 1.807) is 0 Å². The lowest BCUT2D eigenvalue weighted by molar-refractivity contribution is 1.09. The second kappa shape index (κ2) is 5.58. The zero-order chi connectivity index (χ0) is 13.0. The van der Waals surface area contributed by atoms with Crippen LogP contribution in [0.5, 0.6) is 0 Å². The topological polar surface area (TPSA) is 25.8 Å². The molecule has 0 fully saturated rings. The van der Waals surface area contributed by atoms with Crippen molar-refractivity contribution in [3.8, 4) is 0 Å². The molecule has 0 amide bonds. The summed E-state index contributed by atoms with van der Waals surface area (Å²) in [6.07, 6.45) is 7.15. The van der Waals surface area contributed by atoms with E-state index >= 15 is 0 Å². The summed E-state index contributed by atoms with van der Waals surface area (Å²) in [4.78, 5) is 9.26. The highest BCUT2D eigenvalue weighted by atomic mass is 14.9. The molecule has 2 aromatic rings. The van der Waals surface area contributed by atoms with Crippen LogP contribution in [0.2, 0.25) is 0 Å². The van der Waals surface area contributed by atoms with Crippen LogP contribution in [0.4, 0.5) is 0 Å². The summed E-state index contributed by atoms with van der Waals surface area (Å²) in [5.74, 6) is 0.840. The van der Waals surface area contributed by atoms with Crippen LogP contribution in [0.1, 0.15) is 31.8 Å². The number of nitrogens with zero attached hydrogens (tertiary/aromatic N) is 2. The predicted molar refractivity (Wildman–Crippen MR) is 77.4 cm³/mol. The first kappa shape index (κ1) is 12.5. The van der Waals surface area contributed by atoms with Crippen molar-refractivity contribution in [2.24, 2.45) is 0 Å². The van der Waals surface area contributed by atoms with E-state index in [2.05, 4.69) is 34.3 Å². The molecule has 0 aliphatic rings. The van der Waals surface area contributed by atoms with Crippen LogP contribution < -0.4 is 0 Å². The number of benzene rings is 1. The van der Waals surface area contributed by atoms with Crippen LogP contribution >= 0.6 is 0 Å². The van der Waals surface area contributed by atoms with Crippen molar-refractivity contribution in [1.82, 2.24) is 9.97 Å². The fraction of sp³-hybridized carbons (Fsp3) is 0.250. The van der Waals surface area contributed by atoms with E-state index in [1.807, 2.05) is 39.0 Å². The Balaban J connectivity index is 2.51. The van der Waals surface area contributed by atoms with Crippen molar-refractivity contribution in [2.75, 3.05) is 0 Å². The van der Waals surface area contributed by atoms with Gasteiger partial charge in [-0.2, -0.15) is 0 Å². The van der Waals surface area contributed by atoms with Crippen molar-refractivity contribution in [3.05, 3.63) is 54.0 Å².